The lowest BCUT2D eigenvalue weighted by atomic mass is 9.76. The second-order valence-corrected chi connectivity index (χ2v) is 15.3. The van der Waals surface area contributed by atoms with E-state index in [0.717, 1.165) is 16.5 Å². The predicted molar refractivity (Wildman–Crippen MR) is 211 cm³/mol. The normalized spacial score (nSPS) is 17.3. The molecule has 2 heterocycles. The van der Waals surface area contributed by atoms with Gasteiger partial charge in [-0.3, -0.25) is 4.79 Å². The van der Waals surface area contributed by atoms with Gasteiger partial charge in [0, 0.05) is 6.92 Å². The third kappa shape index (κ3) is 9.57. The lowest BCUT2D eigenvalue weighted by Gasteiger charge is -2.32. The third-order valence-electron chi connectivity index (χ3n) is 10.2. The molecule has 4 aromatic rings. The Balaban J connectivity index is 0.000000212. The molecule has 284 valence electrons. The maximum absolute atomic E-state index is 11.4. The highest BCUT2D eigenvalue weighted by Crippen LogP contribution is 2.38. The van der Waals surface area contributed by atoms with Crippen molar-refractivity contribution in [3.8, 4) is 23.0 Å². The zero-order valence-corrected chi connectivity index (χ0v) is 32.8. The van der Waals surface area contributed by atoms with Crippen molar-refractivity contribution >= 4 is 42.5 Å². The van der Waals surface area contributed by atoms with Crippen LogP contribution in [-0.4, -0.2) is 47.7 Å². The quantitative estimate of drug-likeness (QED) is 0.103. The van der Waals surface area contributed by atoms with Crippen molar-refractivity contribution in [2.24, 2.45) is 0 Å². The van der Waals surface area contributed by atoms with Gasteiger partial charge in [0.1, 0.15) is 29.6 Å². The topological polar surface area (TPSA) is 111 Å². The number of rotatable bonds is 9. The molecule has 55 heavy (non-hydrogen) atoms. The van der Waals surface area contributed by atoms with E-state index in [0.29, 0.717) is 39.9 Å². The highest BCUT2D eigenvalue weighted by molar-refractivity contribution is 6.63. The molecule has 0 unspecified atom stereocenters. The molecule has 0 saturated carbocycles. The first-order chi connectivity index (χ1) is 25.9. The molecule has 0 radical (unpaired) electrons. The van der Waals surface area contributed by atoms with Gasteiger partial charge in [-0.25, -0.2) is 9.69 Å². The Kier molecular flexibility index (Phi) is 12.2. The van der Waals surface area contributed by atoms with E-state index in [1.54, 1.807) is 54.6 Å². The van der Waals surface area contributed by atoms with Crippen LogP contribution in [0, 0.1) is 13.1 Å². The summed E-state index contributed by atoms with van der Waals surface area (Å²) in [7, 11) is -1.10. The zero-order chi connectivity index (χ0) is 40.2. The molecule has 2 fully saturated rings. The van der Waals surface area contributed by atoms with Gasteiger partial charge in [0.15, 0.2) is 11.4 Å². The van der Waals surface area contributed by atoms with Gasteiger partial charge in [-0.15, -0.1) is 0 Å². The summed E-state index contributed by atoms with van der Waals surface area (Å²) in [5.74, 6) is 2.06. The van der Waals surface area contributed by atoms with Crippen LogP contribution in [0.25, 0.3) is 9.69 Å². The van der Waals surface area contributed by atoms with E-state index < -0.39 is 36.6 Å². The Morgan fingerprint density at radius 1 is 0.600 bits per heavy atom. The first kappa shape index (κ1) is 41.0. The van der Waals surface area contributed by atoms with Crippen LogP contribution < -0.4 is 20.4 Å². The fourth-order valence-electron chi connectivity index (χ4n) is 5.58. The van der Waals surface area contributed by atoms with Crippen LogP contribution in [0.4, 0.5) is 11.4 Å². The maximum Gasteiger partial charge on any atom is 0.495 e. The zero-order valence-electron chi connectivity index (χ0n) is 32.8. The van der Waals surface area contributed by atoms with E-state index in [-0.39, 0.29) is 19.2 Å². The summed E-state index contributed by atoms with van der Waals surface area (Å²) in [6.07, 6.45) is 0. The van der Waals surface area contributed by atoms with Gasteiger partial charge in [0.25, 0.3) is 0 Å². The van der Waals surface area contributed by atoms with Crippen LogP contribution in [0.5, 0.6) is 23.0 Å². The second-order valence-electron chi connectivity index (χ2n) is 15.3. The van der Waals surface area contributed by atoms with Crippen LogP contribution in [0.1, 0.15) is 73.4 Å². The Labute approximate surface area is 324 Å². The van der Waals surface area contributed by atoms with Crippen LogP contribution in [-0.2, 0) is 41.4 Å². The fourth-order valence-corrected chi connectivity index (χ4v) is 5.58. The molecular weight excluding hydrogens is 698 g/mol. The average molecular weight is 744 g/mol. The lowest BCUT2D eigenvalue weighted by molar-refractivity contribution is -0.142. The van der Waals surface area contributed by atoms with Crippen molar-refractivity contribution < 1.29 is 42.7 Å². The summed E-state index contributed by atoms with van der Waals surface area (Å²) in [4.78, 5) is 18.1. The predicted octanol–water partition coefficient (Wildman–Crippen LogP) is 8.21. The fraction of sp³-hybridized carbons (Fsp3) is 0.357. The van der Waals surface area contributed by atoms with Gasteiger partial charge in [0.05, 0.1) is 42.2 Å². The van der Waals surface area contributed by atoms with Crippen molar-refractivity contribution in [2.75, 3.05) is 0 Å². The number of nitrogens with zero attached hydrogens (tertiary/aromatic N) is 2. The van der Waals surface area contributed by atoms with E-state index in [1.165, 1.54) is 6.92 Å². The van der Waals surface area contributed by atoms with Gasteiger partial charge >= 0.3 is 20.2 Å². The second kappa shape index (κ2) is 16.3. The minimum Gasteiger partial charge on any atom is -0.461 e. The summed E-state index contributed by atoms with van der Waals surface area (Å²) >= 11 is 0. The first-order valence-corrected chi connectivity index (χ1v) is 17.9. The average Bonchev–Trinajstić information content (AvgIpc) is 3.50. The lowest BCUT2D eigenvalue weighted by Crippen LogP contribution is -2.41. The van der Waals surface area contributed by atoms with Crippen LogP contribution >= 0.6 is 0 Å². The molecule has 0 spiro atoms. The largest absolute Gasteiger partial charge is 0.495 e. The van der Waals surface area contributed by atoms with Crippen LogP contribution in [0.15, 0.2) is 84.9 Å². The highest BCUT2D eigenvalue weighted by Gasteiger charge is 2.53. The first-order valence-electron chi connectivity index (χ1n) is 17.9. The Bertz CT molecular complexity index is 2050. The minimum absolute atomic E-state index is 0.0859. The summed E-state index contributed by atoms with van der Waals surface area (Å²) in [5, 5.41) is 9.80. The van der Waals surface area contributed by atoms with Gasteiger partial charge in [0.2, 0.25) is 0 Å². The van der Waals surface area contributed by atoms with Gasteiger partial charge in [-0.1, -0.05) is 36.4 Å². The number of aliphatic hydroxyl groups is 1. The molecular formula is C42H46B2N2O9. The van der Waals surface area contributed by atoms with E-state index in [1.807, 2.05) is 85.7 Å². The Hall–Kier alpha value is -5.14. The van der Waals surface area contributed by atoms with E-state index in [9.17, 15) is 9.90 Å². The SMILES string of the molecule is [C-]#[N+]c1ccc(Oc2ccc(B3OC(C)(C)C(C)(C)O3)c(CO)c2)cc1.[C-]#[N+]c1ccc(Oc2ccc(B3OC(C)(C)C(C)(C)O3)c(COC(C)=O)c2)cc1. The molecule has 4 aromatic carbocycles. The highest BCUT2D eigenvalue weighted by atomic mass is 16.7. The maximum atomic E-state index is 11.4. The summed E-state index contributed by atoms with van der Waals surface area (Å²) in [6.45, 7) is 31.3. The molecule has 0 amide bonds. The number of esters is 1. The molecule has 1 N–H and O–H groups in total. The van der Waals surface area contributed by atoms with Gasteiger partial charge in [-0.2, -0.15) is 0 Å². The smallest absolute Gasteiger partial charge is 0.461 e. The molecule has 2 aliphatic rings. The minimum atomic E-state index is -0.572. The molecule has 6 rings (SSSR count). The number of hydrogen-bond acceptors (Lipinski definition) is 9. The van der Waals surface area contributed by atoms with Gasteiger partial charge < -0.3 is 37.9 Å². The number of carbonyl (C=O) groups is 1. The number of carbonyl (C=O) groups excluding carboxylic acids is 1. The third-order valence-corrected chi connectivity index (χ3v) is 10.2. The summed E-state index contributed by atoms with van der Waals surface area (Å²) < 4.78 is 41.4. The Morgan fingerprint density at radius 3 is 1.29 bits per heavy atom. The number of hydrogen-bond donors (Lipinski definition) is 1. The van der Waals surface area contributed by atoms with E-state index >= 15 is 0 Å². The van der Waals surface area contributed by atoms with Crippen molar-refractivity contribution in [3.05, 3.63) is 119 Å². The Morgan fingerprint density at radius 2 is 0.945 bits per heavy atom. The van der Waals surface area contributed by atoms with Crippen molar-refractivity contribution in [1.82, 2.24) is 0 Å². The molecule has 2 saturated heterocycles. The molecule has 0 bridgehead atoms. The van der Waals surface area contributed by atoms with Crippen LogP contribution in [0.2, 0.25) is 0 Å². The monoisotopic (exact) mass is 744 g/mol. The molecule has 13 heteroatoms. The molecule has 0 aromatic heterocycles. The number of benzene rings is 4. The van der Waals surface area contributed by atoms with Crippen molar-refractivity contribution in [3.63, 3.8) is 0 Å². The van der Waals surface area contributed by atoms with Crippen molar-refractivity contribution in [1.29, 1.82) is 0 Å². The summed E-state index contributed by atoms with van der Waals surface area (Å²) in [6, 6.07) is 24.7. The van der Waals surface area contributed by atoms with E-state index in [4.69, 9.17) is 46.0 Å². The molecule has 11 nitrogen and oxygen atoms in total. The summed E-state index contributed by atoms with van der Waals surface area (Å²) in [5.41, 5.74) is 2.30. The van der Waals surface area contributed by atoms with Crippen molar-refractivity contribution in [2.45, 2.75) is 97.9 Å². The number of aliphatic hydroxyl groups excluding tert-OH is 1. The number of ether oxygens (including phenoxy) is 3. The molecule has 0 aliphatic carbocycles. The van der Waals surface area contributed by atoms with E-state index in [2.05, 4.69) is 9.69 Å². The van der Waals surface area contributed by atoms with Crippen LogP contribution in [0.3, 0.4) is 0 Å². The molecule has 2 aliphatic heterocycles. The standard InChI is InChI=1S/C22H24BNO5.C20H22BNO4/c1-15(25)26-14-16-13-19(27-18-9-7-17(24-6)8-10-18)11-12-20(16)23-28-21(2,3)22(4,5)29-23;1-19(2)20(3,4)26-21(25-19)18-11-10-17(12-14(18)13-23)24-16-8-6-15(22-5)7-9-16/h7-13H,14H2,1-5H3;6-12,23H,13H2,1-4H3. The molecule has 0 atom stereocenters. The van der Waals surface area contributed by atoms with Gasteiger partial charge in [-0.05, 0) is 126 Å².